The minimum absolute atomic E-state index is 0.118. The second-order valence-corrected chi connectivity index (χ2v) is 10.5. The summed E-state index contributed by atoms with van der Waals surface area (Å²) in [6, 6.07) is 15.9. The normalized spacial score (nSPS) is 11.7. The van der Waals surface area contributed by atoms with Gasteiger partial charge in [0.15, 0.2) is 23.8 Å². The number of benzene rings is 2. The number of imidazole rings is 1. The van der Waals surface area contributed by atoms with E-state index in [9.17, 15) is 14.7 Å². The van der Waals surface area contributed by atoms with Gasteiger partial charge >= 0.3 is 17.6 Å². The Morgan fingerprint density at radius 3 is 2.43 bits per heavy atom. The fraction of sp³-hybridized carbons (Fsp3) is 0.333. The van der Waals surface area contributed by atoms with Gasteiger partial charge in [0.2, 0.25) is 0 Å². The molecular weight excluding hydrogens is 540 g/mol. The number of hydrogen-bond donors (Lipinski definition) is 2. The Labute approximate surface area is 241 Å². The van der Waals surface area contributed by atoms with Gasteiger partial charge in [-0.2, -0.15) is 0 Å². The van der Waals surface area contributed by atoms with E-state index in [2.05, 4.69) is 20.4 Å². The van der Waals surface area contributed by atoms with Crippen LogP contribution in [0.1, 0.15) is 66.3 Å². The van der Waals surface area contributed by atoms with Crippen molar-refractivity contribution in [3.05, 3.63) is 93.4 Å². The van der Waals surface area contributed by atoms with Crippen molar-refractivity contribution in [2.24, 2.45) is 7.05 Å². The molecule has 5 aromatic rings. The zero-order valence-corrected chi connectivity index (χ0v) is 24.2. The molecule has 0 fully saturated rings. The number of esters is 1. The Balaban J connectivity index is 1.48. The summed E-state index contributed by atoms with van der Waals surface area (Å²) in [7, 11) is 1.78. The van der Waals surface area contributed by atoms with E-state index in [1.54, 1.807) is 37.2 Å². The van der Waals surface area contributed by atoms with Gasteiger partial charge in [0.25, 0.3) is 0 Å². The van der Waals surface area contributed by atoms with E-state index in [0.717, 1.165) is 28.7 Å². The predicted molar refractivity (Wildman–Crippen MR) is 150 cm³/mol. The molecule has 12 heteroatoms. The van der Waals surface area contributed by atoms with Crippen LogP contribution in [0.4, 0.5) is 0 Å². The largest absolute Gasteiger partial charge is 0.519 e. The van der Waals surface area contributed by atoms with Crippen LogP contribution in [0.15, 0.2) is 62.2 Å². The summed E-state index contributed by atoms with van der Waals surface area (Å²) >= 11 is 0. The smallest absolute Gasteiger partial charge is 0.453 e. The predicted octanol–water partition coefficient (Wildman–Crippen LogP) is 3.60. The van der Waals surface area contributed by atoms with Crippen LogP contribution in [0.25, 0.3) is 22.5 Å². The van der Waals surface area contributed by atoms with E-state index >= 15 is 0 Å². The summed E-state index contributed by atoms with van der Waals surface area (Å²) in [5.41, 5.74) is 2.72. The molecule has 0 unspecified atom stereocenters. The summed E-state index contributed by atoms with van der Waals surface area (Å²) in [5.74, 6) is 0.0237. The number of nitrogens with one attached hydrogen (secondary N) is 1. The van der Waals surface area contributed by atoms with Crippen LogP contribution in [0, 0.1) is 6.92 Å². The first kappa shape index (κ1) is 28.7. The van der Waals surface area contributed by atoms with Gasteiger partial charge in [0.1, 0.15) is 24.2 Å². The Kier molecular flexibility index (Phi) is 7.90. The maximum absolute atomic E-state index is 13.5. The molecule has 0 amide bonds. The molecule has 218 valence electrons. The number of aliphatic hydroxyl groups is 1. The molecule has 0 saturated heterocycles. The molecule has 12 nitrogen and oxygen atoms in total. The van der Waals surface area contributed by atoms with E-state index in [0.29, 0.717) is 24.6 Å². The van der Waals surface area contributed by atoms with Crippen molar-refractivity contribution in [1.82, 2.24) is 25.0 Å². The molecule has 0 saturated carbocycles. The summed E-state index contributed by atoms with van der Waals surface area (Å²) in [4.78, 5) is 31.1. The van der Waals surface area contributed by atoms with Gasteiger partial charge < -0.3 is 23.2 Å². The molecule has 0 bridgehead atoms. The van der Waals surface area contributed by atoms with Crippen molar-refractivity contribution in [1.29, 1.82) is 0 Å². The quantitative estimate of drug-likeness (QED) is 0.188. The van der Waals surface area contributed by atoms with E-state index in [4.69, 9.17) is 13.6 Å². The fourth-order valence-corrected chi connectivity index (χ4v) is 4.75. The lowest BCUT2D eigenvalue weighted by Crippen LogP contribution is -2.33. The summed E-state index contributed by atoms with van der Waals surface area (Å²) < 4.78 is 17.1. The molecule has 0 atom stereocenters. The first-order valence-electron chi connectivity index (χ1n) is 13.6. The van der Waals surface area contributed by atoms with Crippen molar-refractivity contribution in [3.63, 3.8) is 0 Å². The number of hydrogen-bond acceptors (Lipinski definition) is 9. The zero-order valence-electron chi connectivity index (χ0n) is 24.2. The first-order chi connectivity index (χ1) is 20.0. The molecule has 0 spiro atoms. The number of nitrogens with zero attached hydrogens (tertiary/aromatic N) is 5. The SMILES string of the molecule is CCCc1nc(C(C)(C)O)c(C(=O)OCc2oc(=O)oc2C)n1Cc1ccc(-c2ccccc2-c2n[nH][n+](C)n2)cc1. The van der Waals surface area contributed by atoms with Gasteiger partial charge in [0.05, 0.1) is 10.7 Å². The highest BCUT2D eigenvalue weighted by Crippen LogP contribution is 2.31. The maximum Gasteiger partial charge on any atom is 0.519 e. The summed E-state index contributed by atoms with van der Waals surface area (Å²) in [5, 5.41) is 22.4. The fourth-order valence-electron chi connectivity index (χ4n) is 4.75. The van der Waals surface area contributed by atoms with Gasteiger partial charge in [-0.1, -0.05) is 54.2 Å². The van der Waals surface area contributed by atoms with Crippen LogP contribution < -0.4 is 10.6 Å². The van der Waals surface area contributed by atoms with Crippen molar-refractivity contribution in [2.45, 2.75) is 59.3 Å². The average Bonchev–Trinajstić information content (AvgIpc) is 3.64. The second-order valence-electron chi connectivity index (χ2n) is 10.5. The Morgan fingerprint density at radius 1 is 1.12 bits per heavy atom. The molecule has 0 aliphatic rings. The van der Waals surface area contributed by atoms with Gasteiger partial charge in [-0.05, 0) is 60.3 Å². The molecule has 0 radical (unpaired) electrons. The maximum atomic E-state index is 13.5. The Bertz CT molecular complexity index is 1770. The Morgan fingerprint density at radius 2 is 1.83 bits per heavy atom. The average molecular weight is 574 g/mol. The van der Waals surface area contributed by atoms with Crippen LogP contribution in [0.5, 0.6) is 0 Å². The second kappa shape index (κ2) is 11.6. The number of H-pyrrole nitrogens is 1. The topological polar surface area (TPSA) is 153 Å². The third-order valence-corrected chi connectivity index (χ3v) is 6.78. The van der Waals surface area contributed by atoms with Gasteiger partial charge in [-0.25, -0.2) is 14.6 Å². The molecule has 42 heavy (non-hydrogen) atoms. The van der Waals surface area contributed by atoms with E-state index in [-0.39, 0.29) is 29.5 Å². The van der Waals surface area contributed by atoms with E-state index in [1.165, 1.54) is 0 Å². The standard InChI is InChI=1S/C30H32N6O6/c1-6-9-24-31-26(30(3,4)39)25(28(37)40-17-23-18(2)41-29(38)42-23)36(24)16-19-12-14-20(15-13-19)21-10-7-8-11-22(21)27-32-34-35(5)33-27/h7-8,10-15,39H,6,9,16-17H2,1-5H3/p+1. The number of aryl methyl sites for hydroxylation is 3. The summed E-state index contributed by atoms with van der Waals surface area (Å²) in [6.45, 7) is 6.74. The van der Waals surface area contributed by atoms with Crippen LogP contribution >= 0.6 is 0 Å². The third kappa shape index (κ3) is 5.93. The van der Waals surface area contributed by atoms with Crippen molar-refractivity contribution in [2.75, 3.05) is 0 Å². The number of carbonyl (C=O) groups excluding carboxylic acids is 1. The molecule has 0 aliphatic heterocycles. The summed E-state index contributed by atoms with van der Waals surface area (Å²) in [6.07, 6.45) is 1.37. The third-order valence-electron chi connectivity index (χ3n) is 6.78. The van der Waals surface area contributed by atoms with Crippen LogP contribution in [0.3, 0.4) is 0 Å². The number of rotatable bonds is 10. The van der Waals surface area contributed by atoms with Gasteiger partial charge in [-0.3, -0.25) is 0 Å². The lowest BCUT2D eigenvalue weighted by atomic mass is 9.98. The number of carbonyl (C=O) groups is 1. The highest BCUT2D eigenvalue weighted by molar-refractivity contribution is 5.89. The monoisotopic (exact) mass is 573 g/mol. The molecule has 2 aromatic carbocycles. The minimum atomic E-state index is -1.41. The van der Waals surface area contributed by atoms with E-state index in [1.807, 2.05) is 55.5 Å². The van der Waals surface area contributed by atoms with Gasteiger partial charge in [-0.15, -0.1) is 0 Å². The molecule has 5 rings (SSSR count). The number of ether oxygens (including phenoxy) is 1. The lowest BCUT2D eigenvalue weighted by Gasteiger charge is -2.17. The van der Waals surface area contributed by atoms with Crippen LogP contribution in [-0.2, 0) is 37.0 Å². The van der Waals surface area contributed by atoms with Crippen molar-refractivity contribution >= 4 is 5.97 Å². The Hall–Kier alpha value is -4.84. The molecule has 0 aliphatic carbocycles. The zero-order chi connectivity index (χ0) is 30.0. The highest BCUT2D eigenvalue weighted by atomic mass is 16.6. The lowest BCUT2D eigenvalue weighted by molar-refractivity contribution is -0.783. The molecule has 3 heterocycles. The molecule has 3 aromatic heterocycles. The van der Waals surface area contributed by atoms with Gasteiger partial charge in [0, 0.05) is 13.0 Å². The van der Waals surface area contributed by atoms with E-state index < -0.39 is 17.4 Å². The van der Waals surface area contributed by atoms with Crippen molar-refractivity contribution < 1.29 is 28.3 Å². The van der Waals surface area contributed by atoms with Crippen LogP contribution in [-0.4, -0.2) is 36.0 Å². The molecular formula is C30H33N6O6+. The van der Waals surface area contributed by atoms with Crippen LogP contribution in [0.2, 0.25) is 0 Å². The highest BCUT2D eigenvalue weighted by Gasteiger charge is 2.33. The number of aromatic nitrogens is 6. The van der Waals surface area contributed by atoms with Crippen molar-refractivity contribution in [3.8, 4) is 22.5 Å². The number of aromatic amines is 1. The molecule has 2 N–H and O–H groups in total. The number of tetrazole rings is 1. The minimum Gasteiger partial charge on any atom is -0.453 e. The first-order valence-corrected chi connectivity index (χ1v) is 13.6.